The molecule has 0 bridgehead atoms. The normalized spacial score (nSPS) is 10.6. The van der Waals surface area contributed by atoms with Gasteiger partial charge < -0.3 is 5.32 Å². The first kappa shape index (κ1) is 12.0. The quantitative estimate of drug-likeness (QED) is 0.890. The molecule has 1 aromatic heterocycles. The third-order valence-electron chi connectivity index (χ3n) is 2.14. The maximum atomic E-state index is 6.20. The summed E-state index contributed by atoms with van der Waals surface area (Å²) in [7, 11) is 1.93. The molecule has 1 nitrogen and oxygen atoms in total. The third kappa shape index (κ3) is 2.80. The Bertz CT molecular complexity index is 454. The summed E-state index contributed by atoms with van der Waals surface area (Å²) in [5.74, 6) is 0. The minimum absolute atomic E-state index is 0.799. The van der Waals surface area contributed by atoms with Crippen LogP contribution in [-0.4, -0.2) is 7.05 Å². The zero-order chi connectivity index (χ0) is 11.4. The lowest BCUT2D eigenvalue weighted by Crippen LogP contribution is -2.06. The van der Waals surface area contributed by atoms with E-state index in [1.54, 1.807) is 23.1 Å². The molecule has 2 aromatic rings. The van der Waals surface area contributed by atoms with Gasteiger partial charge in [-0.2, -0.15) is 0 Å². The SMILES string of the molecule is CNCc1c(Cl)cccc1Sc1cccs1. The Hall–Kier alpha value is -0.480. The van der Waals surface area contributed by atoms with Crippen LogP contribution >= 0.6 is 34.7 Å². The molecule has 0 aliphatic rings. The van der Waals surface area contributed by atoms with E-state index in [-0.39, 0.29) is 0 Å². The summed E-state index contributed by atoms with van der Waals surface area (Å²) in [4.78, 5) is 1.23. The number of halogens is 1. The Morgan fingerprint density at radius 2 is 2.19 bits per heavy atom. The van der Waals surface area contributed by atoms with Gasteiger partial charge in [0.1, 0.15) is 0 Å². The second-order valence-electron chi connectivity index (χ2n) is 3.28. The van der Waals surface area contributed by atoms with Crippen LogP contribution in [0.5, 0.6) is 0 Å². The molecule has 1 heterocycles. The molecule has 0 unspecified atom stereocenters. The highest BCUT2D eigenvalue weighted by molar-refractivity contribution is 8.01. The zero-order valence-electron chi connectivity index (χ0n) is 8.87. The molecule has 2 rings (SSSR count). The standard InChI is InChI=1S/C12H12ClNS2/c1-14-8-9-10(13)4-2-5-11(9)16-12-6-3-7-15-12/h2-7,14H,8H2,1H3. The van der Waals surface area contributed by atoms with Crippen molar-refractivity contribution in [3.8, 4) is 0 Å². The fourth-order valence-electron chi connectivity index (χ4n) is 1.41. The first-order valence-electron chi connectivity index (χ1n) is 4.94. The number of hydrogen-bond donors (Lipinski definition) is 1. The van der Waals surface area contributed by atoms with Crippen LogP contribution in [0.1, 0.15) is 5.56 Å². The van der Waals surface area contributed by atoms with E-state index in [2.05, 4.69) is 28.9 Å². The van der Waals surface area contributed by atoms with Gasteiger partial charge in [0.25, 0.3) is 0 Å². The average Bonchev–Trinajstić information content (AvgIpc) is 2.76. The van der Waals surface area contributed by atoms with Crippen LogP contribution in [0, 0.1) is 0 Å². The van der Waals surface area contributed by atoms with Crippen LogP contribution in [0.4, 0.5) is 0 Å². The monoisotopic (exact) mass is 269 g/mol. The van der Waals surface area contributed by atoms with Gasteiger partial charge in [0, 0.05) is 16.5 Å². The lowest BCUT2D eigenvalue weighted by molar-refractivity contribution is 0.803. The predicted molar refractivity (Wildman–Crippen MR) is 72.7 cm³/mol. The highest BCUT2D eigenvalue weighted by atomic mass is 35.5. The first-order chi connectivity index (χ1) is 7.81. The van der Waals surface area contributed by atoms with Gasteiger partial charge in [-0.3, -0.25) is 0 Å². The van der Waals surface area contributed by atoms with Crippen molar-refractivity contribution in [2.75, 3.05) is 7.05 Å². The molecule has 0 saturated heterocycles. The summed E-state index contributed by atoms with van der Waals surface area (Å²) in [6.07, 6.45) is 0. The lowest BCUT2D eigenvalue weighted by Gasteiger charge is -2.09. The molecule has 0 fully saturated rings. The summed E-state index contributed by atoms with van der Waals surface area (Å²) >= 11 is 9.72. The smallest absolute Gasteiger partial charge is 0.0646 e. The van der Waals surface area contributed by atoms with E-state index in [0.29, 0.717) is 0 Å². The van der Waals surface area contributed by atoms with Gasteiger partial charge in [-0.25, -0.2) is 0 Å². The minimum Gasteiger partial charge on any atom is -0.316 e. The van der Waals surface area contributed by atoms with E-state index in [1.165, 1.54) is 14.7 Å². The van der Waals surface area contributed by atoms with E-state index < -0.39 is 0 Å². The van der Waals surface area contributed by atoms with Crippen molar-refractivity contribution in [2.24, 2.45) is 0 Å². The van der Waals surface area contributed by atoms with E-state index in [0.717, 1.165) is 11.6 Å². The van der Waals surface area contributed by atoms with Crippen molar-refractivity contribution in [3.05, 3.63) is 46.3 Å². The fourth-order valence-corrected chi connectivity index (χ4v) is 3.60. The molecule has 1 N–H and O–H groups in total. The third-order valence-corrected chi connectivity index (χ3v) is 4.63. The second kappa shape index (κ2) is 5.73. The number of nitrogens with one attached hydrogen (secondary N) is 1. The average molecular weight is 270 g/mol. The number of hydrogen-bond acceptors (Lipinski definition) is 3. The van der Waals surface area contributed by atoms with E-state index in [9.17, 15) is 0 Å². The molecule has 84 valence electrons. The minimum atomic E-state index is 0.799. The van der Waals surface area contributed by atoms with Crippen LogP contribution in [0.2, 0.25) is 5.02 Å². The Balaban J connectivity index is 2.29. The number of rotatable bonds is 4. The van der Waals surface area contributed by atoms with Gasteiger partial charge in [0.15, 0.2) is 0 Å². The Morgan fingerprint density at radius 3 is 2.88 bits per heavy atom. The van der Waals surface area contributed by atoms with E-state index in [1.807, 2.05) is 19.2 Å². The van der Waals surface area contributed by atoms with Gasteiger partial charge in [0.2, 0.25) is 0 Å². The van der Waals surface area contributed by atoms with E-state index >= 15 is 0 Å². The molecule has 0 aliphatic heterocycles. The van der Waals surface area contributed by atoms with Crippen molar-refractivity contribution in [3.63, 3.8) is 0 Å². The lowest BCUT2D eigenvalue weighted by atomic mass is 10.2. The van der Waals surface area contributed by atoms with Gasteiger partial charge >= 0.3 is 0 Å². The molecule has 0 amide bonds. The van der Waals surface area contributed by atoms with Gasteiger partial charge in [-0.05, 0) is 36.2 Å². The molecule has 0 atom stereocenters. The van der Waals surface area contributed by atoms with Crippen molar-refractivity contribution in [1.82, 2.24) is 5.32 Å². The van der Waals surface area contributed by atoms with Crippen LogP contribution in [0.3, 0.4) is 0 Å². The first-order valence-corrected chi connectivity index (χ1v) is 7.02. The summed E-state index contributed by atoms with van der Waals surface area (Å²) in [6.45, 7) is 0.799. The van der Waals surface area contributed by atoms with Crippen LogP contribution < -0.4 is 5.32 Å². The largest absolute Gasteiger partial charge is 0.316 e. The highest BCUT2D eigenvalue weighted by Crippen LogP contribution is 2.35. The molecular formula is C12H12ClNS2. The van der Waals surface area contributed by atoms with Crippen LogP contribution in [0.15, 0.2) is 44.8 Å². The Kier molecular flexibility index (Phi) is 4.29. The summed E-state index contributed by atoms with van der Waals surface area (Å²) < 4.78 is 1.29. The van der Waals surface area contributed by atoms with Gasteiger partial charge in [-0.1, -0.05) is 35.5 Å². The summed E-state index contributed by atoms with van der Waals surface area (Å²) in [5.41, 5.74) is 1.17. The maximum Gasteiger partial charge on any atom is 0.0646 e. The highest BCUT2D eigenvalue weighted by Gasteiger charge is 2.07. The molecule has 16 heavy (non-hydrogen) atoms. The van der Waals surface area contributed by atoms with Crippen molar-refractivity contribution >= 4 is 34.7 Å². The Morgan fingerprint density at radius 1 is 1.31 bits per heavy atom. The fraction of sp³-hybridized carbons (Fsp3) is 0.167. The molecule has 4 heteroatoms. The topological polar surface area (TPSA) is 12.0 Å². The number of thiophene rings is 1. The summed E-state index contributed by atoms with van der Waals surface area (Å²) in [6, 6.07) is 10.2. The van der Waals surface area contributed by atoms with Crippen molar-refractivity contribution in [1.29, 1.82) is 0 Å². The van der Waals surface area contributed by atoms with Crippen molar-refractivity contribution in [2.45, 2.75) is 15.6 Å². The van der Waals surface area contributed by atoms with Crippen LogP contribution in [0.25, 0.3) is 0 Å². The zero-order valence-corrected chi connectivity index (χ0v) is 11.3. The Labute approximate surface area is 109 Å². The predicted octanol–water partition coefficient (Wildman–Crippen LogP) is 4.27. The molecule has 0 spiro atoms. The van der Waals surface area contributed by atoms with Crippen molar-refractivity contribution < 1.29 is 0 Å². The van der Waals surface area contributed by atoms with Gasteiger partial charge in [-0.15, -0.1) is 11.3 Å². The van der Waals surface area contributed by atoms with Crippen LogP contribution in [-0.2, 0) is 6.54 Å². The number of benzene rings is 1. The second-order valence-corrected chi connectivity index (χ2v) is 5.98. The maximum absolute atomic E-state index is 6.20. The molecule has 0 saturated carbocycles. The van der Waals surface area contributed by atoms with E-state index in [4.69, 9.17) is 11.6 Å². The van der Waals surface area contributed by atoms with Gasteiger partial charge in [0.05, 0.1) is 4.21 Å². The summed E-state index contributed by atoms with van der Waals surface area (Å²) in [5, 5.41) is 6.07. The molecule has 1 aromatic carbocycles. The molecular weight excluding hydrogens is 258 g/mol. The molecule has 0 aliphatic carbocycles. The molecule has 0 radical (unpaired) electrons.